The fourth-order valence-corrected chi connectivity index (χ4v) is 4.18. The van der Waals surface area contributed by atoms with Crippen LogP contribution in [0.25, 0.3) is 0 Å². The smallest absolute Gasteiger partial charge is 0.0710 e. The third kappa shape index (κ3) is 2.34. The number of aryl methyl sites for hydroxylation is 2. The Morgan fingerprint density at radius 1 is 1.17 bits per heavy atom. The van der Waals surface area contributed by atoms with Crippen molar-refractivity contribution in [3.8, 4) is 0 Å². The summed E-state index contributed by atoms with van der Waals surface area (Å²) in [5.74, 6) is 0.583. The maximum absolute atomic E-state index is 6.68. The molecule has 0 nitrogen and oxygen atoms in total. The largest absolute Gasteiger partial charge is 0.144 e. The molecule has 2 aromatic rings. The first-order valence-corrected chi connectivity index (χ1v) is 7.76. The van der Waals surface area contributed by atoms with E-state index in [1.165, 1.54) is 33.7 Å². The normalized spacial score (nSPS) is 20.4. The van der Waals surface area contributed by atoms with E-state index in [0.29, 0.717) is 5.92 Å². The Bertz CT molecular complexity index is 544. The van der Waals surface area contributed by atoms with Crippen LogP contribution in [0, 0.1) is 12.8 Å². The average molecular weight is 277 g/mol. The Balaban J connectivity index is 1.79. The Morgan fingerprint density at radius 3 is 2.67 bits per heavy atom. The first-order valence-electron chi connectivity index (χ1n) is 6.51. The van der Waals surface area contributed by atoms with Crippen LogP contribution in [0.4, 0.5) is 0 Å². The van der Waals surface area contributed by atoms with E-state index >= 15 is 0 Å². The van der Waals surface area contributed by atoms with Crippen molar-refractivity contribution in [1.82, 2.24) is 0 Å². The molecule has 0 aliphatic heterocycles. The molecule has 0 bridgehead atoms. The number of fused-ring (bicyclic) bond motifs is 1. The van der Waals surface area contributed by atoms with E-state index in [1.807, 2.05) is 11.3 Å². The predicted octanol–water partition coefficient (Wildman–Crippen LogP) is 5.14. The molecule has 1 aliphatic rings. The number of alkyl halides is 1. The van der Waals surface area contributed by atoms with E-state index in [0.717, 1.165) is 6.42 Å². The van der Waals surface area contributed by atoms with Crippen LogP contribution in [0.15, 0.2) is 36.4 Å². The lowest BCUT2D eigenvalue weighted by atomic mass is 9.82. The molecule has 0 fully saturated rings. The van der Waals surface area contributed by atoms with Gasteiger partial charge in [-0.05, 0) is 55.4 Å². The zero-order valence-corrected chi connectivity index (χ0v) is 12.1. The molecule has 0 amide bonds. The van der Waals surface area contributed by atoms with Gasteiger partial charge >= 0.3 is 0 Å². The van der Waals surface area contributed by atoms with Gasteiger partial charge in [0.1, 0.15) is 0 Å². The predicted molar refractivity (Wildman–Crippen MR) is 79.6 cm³/mol. The molecule has 0 saturated heterocycles. The molecular weight excluding hydrogens is 260 g/mol. The molecule has 1 heterocycles. The maximum Gasteiger partial charge on any atom is 0.0710 e. The molecule has 1 aliphatic carbocycles. The lowest BCUT2D eigenvalue weighted by Crippen LogP contribution is -2.17. The highest BCUT2D eigenvalue weighted by molar-refractivity contribution is 7.12. The van der Waals surface area contributed by atoms with Crippen LogP contribution in [0.5, 0.6) is 0 Å². The van der Waals surface area contributed by atoms with Crippen LogP contribution in [-0.4, -0.2) is 0 Å². The summed E-state index contributed by atoms with van der Waals surface area (Å²) in [7, 11) is 0. The zero-order chi connectivity index (χ0) is 12.5. The van der Waals surface area contributed by atoms with E-state index in [-0.39, 0.29) is 5.38 Å². The summed E-state index contributed by atoms with van der Waals surface area (Å²) in [5, 5.41) is 0.178. The van der Waals surface area contributed by atoms with Gasteiger partial charge in [0.2, 0.25) is 0 Å². The molecule has 94 valence electrons. The van der Waals surface area contributed by atoms with Gasteiger partial charge in [-0.15, -0.1) is 22.9 Å². The van der Waals surface area contributed by atoms with Crippen molar-refractivity contribution in [1.29, 1.82) is 0 Å². The number of hydrogen-bond donors (Lipinski definition) is 0. The molecule has 2 atom stereocenters. The van der Waals surface area contributed by atoms with Gasteiger partial charge in [-0.1, -0.05) is 24.3 Å². The molecule has 1 aromatic carbocycles. The van der Waals surface area contributed by atoms with Gasteiger partial charge in [-0.3, -0.25) is 0 Å². The molecule has 1 aromatic heterocycles. The summed E-state index contributed by atoms with van der Waals surface area (Å²) in [5.41, 5.74) is 3.01. The van der Waals surface area contributed by atoms with E-state index in [4.69, 9.17) is 11.6 Å². The number of halogens is 1. The third-order valence-electron chi connectivity index (χ3n) is 3.83. The Labute approximate surface area is 118 Å². The van der Waals surface area contributed by atoms with Gasteiger partial charge in [0.05, 0.1) is 5.38 Å². The van der Waals surface area contributed by atoms with Crippen molar-refractivity contribution in [2.45, 2.75) is 31.6 Å². The van der Waals surface area contributed by atoms with Gasteiger partial charge in [-0.25, -0.2) is 0 Å². The van der Waals surface area contributed by atoms with Crippen LogP contribution in [0.1, 0.15) is 32.7 Å². The minimum Gasteiger partial charge on any atom is -0.144 e. The SMILES string of the molecule is Cc1ccc(C(Cl)C2CCc3ccccc3C2)s1. The molecule has 18 heavy (non-hydrogen) atoms. The number of benzene rings is 1. The quantitative estimate of drug-likeness (QED) is 0.666. The minimum atomic E-state index is 0.178. The standard InChI is InChI=1S/C16H17ClS/c1-11-6-9-15(18-11)16(17)14-8-7-12-4-2-3-5-13(12)10-14/h2-6,9,14,16H,7-8,10H2,1H3. The number of rotatable bonds is 2. The summed E-state index contributed by atoms with van der Waals surface area (Å²) < 4.78 is 0. The van der Waals surface area contributed by atoms with Gasteiger partial charge in [0, 0.05) is 9.75 Å². The summed E-state index contributed by atoms with van der Waals surface area (Å²) in [6.07, 6.45) is 3.51. The van der Waals surface area contributed by atoms with E-state index < -0.39 is 0 Å². The lowest BCUT2D eigenvalue weighted by molar-refractivity contribution is 0.446. The van der Waals surface area contributed by atoms with Crippen molar-refractivity contribution in [2.24, 2.45) is 5.92 Å². The summed E-state index contributed by atoms with van der Waals surface area (Å²) >= 11 is 8.51. The monoisotopic (exact) mass is 276 g/mol. The van der Waals surface area contributed by atoms with Gasteiger partial charge < -0.3 is 0 Å². The molecule has 2 unspecified atom stereocenters. The van der Waals surface area contributed by atoms with Crippen molar-refractivity contribution in [3.63, 3.8) is 0 Å². The molecule has 0 N–H and O–H groups in total. The molecule has 2 heteroatoms. The third-order valence-corrected chi connectivity index (χ3v) is 5.64. The van der Waals surface area contributed by atoms with Crippen LogP contribution >= 0.6 is 22.9 Å². The second kappa shape index (κ2) is 5.07. The second-order valence-corrected chi connectivity index (χ2v) is 6.91. The molecule has 3 rings (SSSR count). The first kappa shape index (κ1) is 12.3. The summed E-state index contributed by atoms with van der Waals surface area (Å²) in [6.45, 7) is 2.15. The fraction of sp³-hybridized carbons (Fsp3) is 0.375. The zero-order valence-electron chi connectivity index (χ0n) is 10.5. The van der Waals surface area contributed by atoms with Crippen LogP contribution < -0.4 is 0 Å². The van der Waals surface area contributed by atoms with Crippen molar-refractivity contribution in [2.75, 3.05) is 0 Å². The highest BCUT2D eigenvalue weighted by Gasteiger charge is 2.26. The summed E-state index contributed by atoms with van der Waals surface area (Å²) in [4.78, 5) is 2.69. The molecule has 0 radical (unpaired) electrons. The summed E-state index contributed by atoms with van der Waals surface area (Å²) in [6, 6.07) is 13.2. The highest BCUT2D eigenvalue weighted by atomic mass is 35.5. The minimum absolute atomic E-state index is 0.178. The van der Waals surface area contributed by atoms with Crippen molar-refractivity contribution < 1.29 is 0 Å². The first-order chi connectivity index (χ1) is 8.74. The van der Waals surface area contributed by atoms with Crippen LogP contribution in [-0.2, 0) is 12.8 Å². The number of thiophene rings is 1. The van der Waals surface area contributed by atoms with E-state index in [9.17, 15) is 0 Å². The second-order valence-electron chi connectivity index (χ2n) is 5.12. The van der Waals surface area contributed by atoms with E-state index in [1.54, 1.807) is 0 Å². The Kier molecular flexibility index (Phi) is 3.45. The van der Waals surface area contributed by atoms with E-state index in [2.05, 4.69) is 43.3 Å². The van der Waals surface area contributed by atoms with Crippen LogP contribution in [0.3, 0.4) is 0 Å². The van der Waals surface area contributed by atoms with Gasteiger partial charge in [-0.2, -0.15) is 0 Å². The average Bonchev–Trinajstić information content (AvgIpc) is 2.84. The topological polar surface area (TPSA) is 0 Å². The fourth-order valence-electron chi connectivity index (χ4n) is 2.81. The lowest BCUT2D eigenvalue weighted by Gasteiger charge is -2.27. The molecule has 0 spiro atoms. The number of hydrogen-bond acceptors (Lipinski definition) is 1. The highest BCUT2D eigenvalue weighted by Crippen LogP contribution is 2.40. The molecule has 0 saturated carbocycles. The molecular formula is C16H17ClS. The van der Waals surface area contributed by atoms with Gasteiger partial charge in [0.15, 0.2) is 0 Å². The van der Waals surface area contributed by atoms with Crippen LogP contribution in [0.2, 0.25) is 0 Å². The Hall–Kier alpha value is -0.790. The van der Waals surface area contributed by atoms with Crippen molar-refractivity contribution in [3.05, 3.63) is 57.3 Å². The Morgan fingerprint density at radius 2 is 1.94 bits per heavy atom. The van der Waals surface area contributed by atoms with Crippen molar-refractivity contribution >= 4 is 22.9 Å². The maximum atomic E-state index is 6.68. The van der Waals surface area contributed by atoms with Gasteiger partial charge in [0.25, 0.3) is 0 Å².